The molecule has 0 saturated heterocycles. The van der Waals surface area contributed by atoms with Crippen LogP contribution in [0.3, 0.4) is 0 Å². The molecule has 17 heavy (non-hydrogen) atoms. The Hall–Kier alpha value is -2.20. The van der Waals surface area contributed by atoms with Crippen LogP contribution >= 0.6 is 0 Å². The summed E-state index contributed by atoms with van der Waals surface area (Å²) in [7, 11) is 0. The Morgan fingerprint density at radius 3 is 3.06 bits per heavy atom. The maximum atomic E-state index is 10.2. The van der Waals surface area contributed by atoms with Crippen LogP contribution in [0.5, 0.6) is 0 Å². The number of aliphatic carboxylic acids is 1. The molecule has 0 amide bonds. The smallest absolute Gasteiger partial charge is 0.329 e. The van der Waals surface area contributed by atoms with E-state index in [1.54, 1.807) is 13.0 Å². The van der Waals surface area contributed by atoms with E-state index < -0.39 is 5.97 Å². The van der Waals surface area contributed by atoms with Crippen LogP contribution in [0.15, 0.2) is 6.07 Å². The fourth-order valence-electron chi connectivity index (χ4n) is 1.10. The van der Waals surface area contributed by atoms with Crippen LogP contribution in [-0.2, 0) is 9.53 Å². The Balaban J connectivity index is 2.39. The predicted octanol–water partition coefficient (Wildman–Crippen LogP) is 0.170. The Morgan fingerprint density at radius 2 is 2.41 bits per heavy atom. The summed E-state index contributed by atoms with van der Waals surface area (Å²) >= 11 is 0. The Kier molecular flexibility index (Phi) is 4.84. The number of aromatic nitrogens is 2. The van der Waals surface area contributed by atoms with E-state index in [9.17, 15) is 4.79 Å². The maximum absolute atomic E-state index is 10.2. The molecule has 0 aliphatic heterocycles. The van der Waals surface area contributed by atoms with Gasteiger partial charge in [-0.05, 0) is 13.0 Å². The maximum Gasteiger partial charge on any atom is 0.329 e. The lowest BCUT2D eigenvalue weighted by Crippen LogP contribution is -2.15. The minimum Gasteiger partial charge on any atom is -0.480 e. The standard InChI is InChI=1S/C10H12N4O3/c1-7-4-8(5-11)14-10(13-7)12-2-3-17-6-9(15)16/h4H,2-3,6H2,1H3,(H,15,16)(H,12,13,14). The van der Waals surface area contributed by atoms with E-state index in [0.717, 1.165) is 0 Å². The molecule has 0 spiro atoms. The molecule has 0 bridgehead atoms. The molecule has 0 saturated carbocycles. The van der Waals surface area contributed by atoms with Gasteiger partial charge in [-0.2, -0.15) is 5.26 Å². The monoisotopic (exact) mass is 236 g/mol. The van der Waals surface area contributed by atoms with Gasteiger partial charge in [-0.1, -0.05) is 0 Å². The van der Waals surface area contributed by atoms with Crippen molar-refractivity contribution in [1.82, 2.24) is 9.97 Å². The highest BCUT2D eigenvalue weighted by atomic mass is 16.5. The van der Waals surface area contributed by atoms with Crippen LogP contribution in [-0.4, -0.2) is 40.8 Å². The zero-order valence-corrected chi connectivity index (χ0v) is 9.30. The molecule has 0 unspecified atom stereocenters. The van der Waals surface area contributed by atoms with E-state index in [1.807, 2.05) is 6.07 Å². The molecular formula is C10H12N4O3. The molecule has 1 rings (SSSR count). The first-order chi connectivity index (χ1) is 8.11. The first kappa shape index (κ1) is 12.9. The number of nitrogens with zero attached hydrogens (tertiary/aromatic N) is 3. The lowest BCUT2D eigenvalue weighted by Gasteiger charge is -2.05. The van der Waals surface area contributed by atoms with Gasteiger partial charge in [0, 0.05) is 12.2 Å². The van der Waals surface area contributed by atoms with Gasteiger partial charge in [0.15, 0.2) is 0 Å². The lowest BCUT2D eigenvalue weighted by atomic mass is 10.3. The van der Waals surface area contributed by atoms with E-state index in [2.05, 4.69) is 15.3 Å². The normalized spacial score (nSPS) is 9.65. The minimum absolute atomic E-state index is 0.228. The van der Waals surface area contributed by atoms with E-state index >= 15 is 0 Å². The number of carbonyl (C=O) groups is 1. The molecule has 0 fully saturated rings. The zero-order chi connectivity index (χ0) is 12.7. The van der Waals surface area contributed by atoms with Crippen LogP contribution in [0.4, 0.5) is 5.95 Å². The molecule has 1 aromatic heterocycles. The number of aryl methyl sites for hydroxylation is 1. The van der Waals surface area contributed by atoms with Crippen molar-refractivity contribution in [3.63, 3.8) is 0 Å². The average Bonchev–Trinajstić information content (AvgIpc) is 2.27. The third-order valence-electron chi connectivity index (χ3n) is 1.72. The first-order valence-electron chi connectivity index (χ1n) is 4.91. The third-order valence-corrected chi connectivity index (χ3v) is 1.72. The topological polar surface area (TPSA) is 108 Å². The highest BCUT2D eigenvalue weighted by molar-refractivity contribution is 5.67. The number of carboxylic acids is 1. The summed E-state index contributed by atoms with van der Waals surface area (Å²) < 4.78 is 4.82. The fourth-order valence-corrected chi connectivity index (χ4v) is 1.10. The van der Waals surface area contributed by atoms with Crippen molar-refractivity contribution in [3.8, 4) is 6.07 Å². The summed E-state index contributed by atoms with van der Waals surface area (Å²) in [4.78, 5) is 18.2. The lowest BCUT2D eigenvalue weighted by molar-refractivity contribution is -0.142. The van der Waals surface area contributed by atoms with Crippen molar-refractivity contribution < 1.29 is 14.6 Å². The van der Waals surface area contributed by atoms with Gasteiger partial charge in [0.05, 0.1) is 6.61 Å². The minimum atomic E-state index is -1.01. The molecule has 7 nitrogen and oxygen atoms in total. The molecule has 0 radical (unpaired) electrons. The number of ether oxygens (including phenoxy) is 1. The molecule has 2 N–H and O–H groups in total. The van der Waals surface area contributed by atoms with Crippen LogP contribution in [0.2, 0.25) is 0 Å². The summed E-state index contributed by atoms with van der Waals surface area (Å²) in [6.07, 6.45) is 0. The highest BCUT2D eigenvalue weighted by Crippen LogP contribution is 2.03. The van der Waals surface area contributed by atoms with Gasteiger partial charge in [-0.3, -0.25) is 0 Å². The molecule has 90 valence electrons. The van der Waals surface area contributed by atoms with Gasteiger partial charge in [0.25, 0.3) is 0 Å². The van der Waals surface area contributed by atoms with Gasteiger partial charge in [0.1, 0.15) is 18.4 Å². The summed E-state index contributed by atoms with van der Waals surface area (Å²) in [6.45, 7) is 2.03. The zero-order valence-electron chi connectivity index (χ0n) is 9.30. The van der Waals surface area contributed by atoms with E-state index in [0.29, 0.717) is 18.2 Å². The van der Waals surface area contributed by atoms with Crippen molar-refractivity contribution in [2.24, 2.45) is 0 Å². The van der Waals surface area contributed by atoms with Gasteiger partial charge in [-0.25, -0.2) is 14.8 Å². The number of carboxylic acid groups (broad SMARTS) is 1. The SMILES string of the molecule is Cc1cc(C#N)nc(NCCOCC(=O)O)n1. The van der Waals surface area contributed by atoms with Crippen molar-refractivity contribution in [2.75, 3.05) is 25.1 Å². The molecule has 0 aliphatic rings. The largest absolute Gasteiger partial charge is 0.480 e. The fraction of sp³-hybridized carbons (Fsp3) is 0.400. The van der Waals surface area contributed by atoms with Crippen LogP contribution < -0.4 is 5.32 Å². The van der Waals surface area contributed by atoms with E-state index in [4.69, 9.17) is 15.1 Å². The Morgan fingerprint density at radius 1 is 1.65 bits per heavy atom. The van der Waals surface area contributed by atoms with Crippen molar-refractivity contribution in [3.05, 3.63) is 17.5 Å². The molecule has 0 atom stereocenters. The van der Waals surface area contributed by atoms with E-state index in [-0.39, 0.29) is 18.9 Å². The third kappa shape index (κ3) is 4.90. The van der Waals surface area contributed by atoms with Crippen LogP contribution in [0, 0.1) is 18.3 Å². The molecule has 1 aromatic rings. The summed E-state index contributed by atoms with van der Waals surface area (Å²) in [5, 5.41) is 19.9. The second kappa shape index (κ2) is 6.40. The number of anilines is 1. The van der Waals surface area contributed by atoms with Gasteiger partial charge in [0.2, 0.25) is 5.95 Å². The number of rotatable bonds is 6. The van der Waals surface area contributed by atoms with Gasteiger partial charge in [-0.15, -0.1) is 0 Å². The Bertz CT molecular complexity index is 442. The van der Waals surface area contributed by atoms with Gasteiger partial charge >= 0.3 is 5.97 Å². The predicted molar refractivity (Wildman–Crippen MR) is 58.4 cm³/mol. The quantitative estimate of drug-likeness (QED) is 0.677. The van der Waals surface area contributed by atoms with E-state index in [1.165, 1.54) is 0 Å². The van der Waals surface area contributed by atoms with Crippen LogP contribution in [0.25, 0.3) is 0 Å². The van der Waals surface area contributed by atoms with Crippen LogP contribution in [0.1, 0.15) is 11.4 Å². The molecule has 0 aliphatic carbocycles. The summed E-state index contributed by atoms with van der Waals surface area (Å²) in [5.74, 6) is -0.677. The second-order valence-electron chi connectivity index (χ2n) is 3.20. The van der Waals surface area contributed by atoms with Gasteiger partial charge < -0.3 is 15.2 Å². The van der Waals surface area contributed by atoms with Crippen molar-refractivity contribution >= 4 is 11.9 Å². The number of hydrogen-bond donors (Lipinski definition) is 2. The summed E-state index contributed by atoms with van der Waals surface area (Å²) in [6, 6.07) is 3.50. The van der Waals surface area contributed by atoms with Crippen molar-refractivity contribution in [2.45, 2.75) is 6.92 Å². The number of hydrogen-bond acceptors (Lipinski definition) is 6. The summed E-state index contributed by atoms with van der Waals surface area (Å²) in [5.41, 5.74) is 0.969. The van der Waals surface area contributed by atoms with Crippen molar-refractivity contribution in [1.29, 1.82) is 5.26 Å². The molecule has 1 heterocycles. The Labute approximate surface area is 98.1 Å². The number of nitrogens with one attached hydrogen (secondary N) is 1. The second-order valence-corrected chi connectivity index (χ2v) is 3.20. The first-order valence-corrected chi connectivity index (χ1v) is 4.91. The molecule has 0 aromatic carbocycles. The average molecular weight is 236 g/mol. The molecule has 7 heteroatoms. The number of nitriles is 1. The highest BCUT2D eigenvalue weighted by Gasteiger charge is 2.01. The molecular weight excluding hydrogens is 224 g/mol.